The standard InChI is InChI=1S/C15H21N5O/c1-10-15(11(2)19-18-10)17-14(21)9-20-8-4-6-13(20)12-5-3-7-16-12/h3,5,7,13,16H,4,6,8-9H2,1-2H3,(H,17,21)(H,18,19)/t13-/m0/s1. The predicted molar refractivity (Wildman–Crippen MR) is 81.0 cm³/mol. The molecule has 0 bridgehead atoms. The molecule has 1 saturated heterocycles. The number of hydrogen-bond acceptors (Lipinski definition) is 3. The van der Waals surface area contributed by atoms with Gasteiger partial charge in [0.2, 0.25) is 5.91 Å². The molecule has 6 nitrogen and oxygen atoms in total. The highest BCUT2D eigenvalue weighted by atomic mass is 16.2. The highest BCUT2D eigenvalue weighted by Crippen LogP contribution is 2.30. The number of carbonyl (C=O) groups is 1. The van der Waals surface area contributed by atoms with Gasteiger partial charge in [-0.2, -0.15) is 5.10 Å². The van der Waals surface area contributed by atoms with Crippen LogP contribution < -0.4 is 5.32 Å². The van der Waals surface area contributed by atoms with Crippen LogP contribution in [0.3, 0.4) is 0 Å². The summed E-state index contributed by atoms with van der Waals surface area (Å²) in [5.74, 6) is 0.0149. The van der Waals surface area contributed by atoms with E-state index >= 15 is 0 Å². The molecule has 112 valence electrons. The molecule has 3 rings (SSSR count). The Hall–Kier alpha value is -2.08. The molecule has 2 aromatic rings. The van der Waals surface area contributed by atoms with Gasteiger partial charge < -0.3 is 10.3 Å². The van der Waals surface area contributed by atoms with E-state index in [0.717, 1.165) is 36.5 Å². The molecule has 21 heavy (non-hydrogen) atoms. The molecule has 1 aliphatic rings. The second-order valence-electron chi connectivity index (χ2n) is 5.61. The van der Waals surface area contributed by atoms with Crippen LogP contribution in [-0.2, 0) is 4.79 Å². The highest BCUT2D eigenvalue weighted by molar-refractivity contribution is 5.93. The van der Waals surface area contributed by atoms with Crippen molar-refractivity contribution in [1.29, 1.82) is 0 Å². The third kappa shape index (κ3) is 2.85. The van der Waals surface area contributed by atoms with Gasteiger partial charge in [0, 0.05) is 11.9 Å². The summed E-state index contributed by atoms with van der Waals surface area (Å²) in [4.78, 5) is 17.8. The molecular formula is C15H21N5O. The monoisotopic (exact) mass is 287 g/mol. The Labute approximate surface area is 123 Å². The van der Waals surface area contributed by atoms with Crippen molar-refractivity contribution in [2.45, 2.75) is 32.7 Å². The molecule has 3 N–H and O–H groups in total. The van der Waals surface area contributed by atoms with Gasteiger partial charge in [-0.05, 0) is 45.4 Å². The van der Waals surface area contributed by atoms with E-state index < -0.39 is 0 Å². The van der Waals surface area contributed by atoms with Gasteiger partial charge in [-0.25, -0.2) is 0 Å². The van der Waals surface area contributed by atoms with E-state index in [1.807, 2.05) is 26.1 Å². The van der Waals surface area contributed by atoms with E-state index in [-0.39, 0.29) is 5.91 Å². The Morgan fingerprint density at radius 1 is 1.52 bits per heavy atom. The lowest BCUT2D eigenvalue weighted by Gasteiger charge is -2.23. The fourth-order valence-electron chi connectivity index (χ4n) is 3.02. The minimum absolute atomic E-state index is 0.0149. The van der Waals surface area contributed by atoms with Crippen LogP contribution in [-0.4, -0.2) is 39.1 Å². The van der Waals surface area contributed by atoms with Gasteiger partial charge >= 0.3 is 0 Å². The minimum atomic E-state index is 0.0149. The second-order valence-corrected chi connectivity index (χ2v) is 5.61. The number of rotatable bonds is 4. The number of hydrogen-bond donors (Lipinski definition) is 3. The Balaban J connectivity index is 1.64. The van der Waals surface area contributed by atoms with E-state index in [9.17, 15) is 4.79 Å². The van der Waals surface area contributed by atoms with Gasteiger partial charge in [-0.15, -0.1) is 0 Å². The highest BCUT2D eigenvalue weighted by Gasteiger charge is 2.28. The zero-order valence-electron chi connectivity index (χ0n) is 12.4. The van der Waals surface area contributed by atoms with E-state index in [0.29, 0.717) is 12.6 Å². The minimum Gasteiger partial charge on any atom is -0.364 e. The molecule has 0 spiro atoms. The fourth-order valence-corrected chi connectivity index (χ4v) is 3.02. The maximum Gasteiger partial charge on any atom is 0.238 e. The average Bonchev–Trinajstić information content (AvgIpc) is 3.16. The summed E-state index contributed by atoms with van der Waals surface area (Å²) in [6.07, 6.45) is 4.16. The lowest BCUT2D eigenvalue weighted by Crippen LogP contribution is -2.33. The van der Waals surface area contributed by atoms with Crippen LogP contribution in [0.15, 0.2) is 18.3 Å². The first-order chi connectivity index (χ1) is 10.1. The Morgan fingerprint density at radius 2 is 2.38 bits per heavy atom. The number of carbonyl (C=O) groups excluding carboxylic acids is 1. The van der Waals surface area contributed by atoms with Crippen molar-refractivity contribution in [3.8, 4) is 0 Å². The first kappa shape index (κ1) is 13.9. The van der Waals surface area contributed by atoms with Crippen molar-refractivity contribution >= 4 is 11.6 Å². The van der Waals surface area contributed by atoms with Gasteiger partial charge in [0.1, 0.15) is 0 Å². The van der Waals surface area contributed by atoms with Crippen LogP contribution in [0.25, 0.3) is 0 Å². The van der Waals surface area contributed by atoms with Crippen molar-refractivity contribution < 1.29 is 4.79 Å². The van der Waals surface area contributed by atoms with Crippen LogP contribution in [0.4, 0.5) is 5.69 Å². The smallest absolute Gasteiger partial charge is 0.238 e. The molecular weight excluding hydrogens is 266 g/mol. The first-order valence-electron chi connectivity index (χ1n) is 7.34. The predicted octanol–water partition coefficient (Wildman–Crippen LogP) is 2.13. The summed E-state index contributed by atoms with van der Waals surface area (Å²) in [5.41, 5.74) is 3.71. The normalized spacial score (nSPS) is 19.0. The van der Waals surface area contributed by atoms with Crippen LogP contribution in [0.5, 0.6) is 0 Å². The SMILES string of the molecule is Cc1n[nH]c(C)c1NC(=O)CN1CCC[C@H]1c1ccc[nH]1. The Morgan fingerprint density at radius 3 is 3.05 bits per heavy atom. The van der Waals surface area contributed by atoms with Gasteiger partial charge in [0.25, 0.3) is 0 Å². The molecule has 3 heterocycles. The van der Waals surface area contributed by atoms with Crippen molar-refractivity contribution in [1.82, 2.24) is 20.1 Å². The van der Waals surface area contributed by atoms with E-state index in [1.165, 1.54) is 5.69 Å². The molecule has 0 aliphatic carbocycles. The van der Waals surface area contributed by atoms with Gasteiger partial charge in [0.05, 0.1) is 29.7 Å². The maximum atomic E-state index is 12.3. The molecule has 1 amide bonds. The number of nitrogens with one attached hydrogen (secondary N) is 3. The number of aryl methyl sites for hydroxylation is 2. The number of aromatic amines is 2. The van der Waals surface area contributed by atoms with E-state index in [2.05, 4.69) is 31.5 Å². The first-order valence-corrected chi connectivity index (χ1v) is 7.34. The number of amides is 1. The number of nitrogens with zero attached hydrogens (tertiary/aromatic N) is 2. The van der Waals surface area contributed by atoms with Gasteiger partial charge in [-0.3, -0.25) is 14.8 Å². The second kappa shape index (κ2) is 5.73. The van der Waals surface area contributed by atoms with Crippen molar-refractivity contribution in [2.24, 2.45) is 0 Å². The van der Waals surface area contributed by atoms with E-state index in [4.69, 9.17) is 0 Å². The van der Waals surface area contributed by atoms with Crippen molar-refractivity contribution in [3.05, 3.63) is 35.4 Å². The van der Waals surface area contributed by atoms with Crippen LogP contribution in [0.2, 0.25) is 0 Å². The lowest BCUT2D eigenvalue weighted by molar-refractivity contribution is -0.117. The maximum absolute atomic E-state index is 12.3. The van der Waals surface area contributed by atoms with Crippen molar-refractivity contribution in [3.63, 3.8) is 0 Å². The zero-order valence-corrected chi connectivity index (χ0v) is 12.4. The molecule has 0 unspecified atom stereocenters. The lowest BCUT2D eigenvalue weighted by atomic mass is 10.1. The number of H-pyrrole nitrogens is 2. The summed E-state index contributed by atoms with van der Waals surface area (Å²) in [5, 5.41) is 9.95. The van der Waals surface area contributed by atoms with Gasteiger partial charge in [-0.1, -0.05) is 0 Å². The molecule has 1 fully saturated rings. The summed E-state index contributed by atoms with van der Waals surface area (Å²) in [6, 6.07) is 4.41. The molecule has 1 atom stereocenters. The van der Waals surface area contributed by atoms with Crippen LogP contribution >= 0.6 is 0 Å². The average molecular weight is 287 g/mol. The summed E-state index contributed by atoms with van der Waals surface area (Å²) < 4.78 is 0. The van der Waals surface area contributed by atoms with Crippen molar-refractivity contribution in [2.75, 3.05) is 18.4 Å². The summed E-state index contributed by atoms with van der Waals surface area (Å²) >= 11 is 0. The molecule has 2 aromatic heterocycles. The molecule has 0 radical (unpaired) electrons. The fraction of sp³-hybridized carbons (Fsp3) is 0.467. The largest absolute Gasteiger partial charge is 0.364 e. The van der Waals surface area contributed by atoms with Gasteiger partial charge in [0.15, 0.2) is 0 Å². The third-order valence-corrected chi connectivity index (χ3v) is 4.08. The molecule has 1 aliphatic heterocycles. The van der Waals surface area contributed by atoms with Crippen LogP contribution in [0.1, 0.15) is 36.0 Å². The Bertz CT molecular complexity index is 597. The summed E-state index contributed by atoms with van der Waals surface area (Å²) in [6.45, 7) is 5.16. The topological polar surface area (TPSA) is 76.8 Å². The Kier molecular flexibility index (Phi) is 3.79. The number of aromatic nitrogens is 3. The number of anilines is 1. The third-order valence-electron chi connectivity index (χ3n) is 4.08. The molecule has 0 saturated carbocycles. The quantitative estimate of drug-likeness (QED) is 0.806. The summed E-state index contributed by atoms with van der Waals surface area (Å²) in [7, 11) is 0. The molecule has 6 heteroatoms. The zero-order chi connectivity index (χ0) is 14.8. The van der Waals surface area contributed by atoms with E-state index in [1.54, 1.807) is 0 Å². The number of likely N-dealkylation sites (tertiary alicyclic amines) is 1. The molecule has 0 aromatic carbocycles. The van der Waals surface area contributed by atoms with Crippen LogP contribution in [0, 0.1) is 13.8 Å².